The van der Waals surface area contributed by atoms with Crippen molar-refractivity contribution in [2.45, 2.75) is 13.0 Å². The summed E-state index contributed by atoms with van der Waals surface area (Å²) in [5.41, 5.74) is 1.68. The minimum Gasteiger partial charge on any atom is -0.508 e. The molecule has 0 saturated heterocycles. The standard InChI is InChI=1S/C17H20N2O5/c1-23-16-10-15(19(21)22)17(24-2)9-13(16)6-7-18-11-12-4-3-5-14(20)8-12/h3-5,8-10,18,20H,6-7,11H2,1-2H3. The third-order valence-corrected chi connectivity index (χ3v) is 3.59. The SMILES string of the molecule is COc1cc([N+](=O)[O-])c(OC)cc1CCNCc1cccc(O)c1. The van der Waals surface area contributed by atoms with E-state index >= 15 is 0 Å². The number of ether oxygens (including phenoxy) is 2. The fraction of sp³-hybridized carbons (Fsp3) is 0.294. The zero-order valence-electron chi connectivity index (χ0n) is 13.6. The summed E-state index contributed by atoms with van der Waals surface area (Å²) in [5, 5.41) is 23.7. The van der Waals surface area contributed by atoms with Gasteiger partial charge in [0.2, 0.25) is 0 Å². The zero-order chi connectivity index (χ0) is 17.5. The van der Waals surface area contributed by atoms with Crippen LogP contribution >= 0.6 is 0 Å². The maximum absolute atomic E-state index is 11.0. The van der Waals surface area contributed by atoms with Crippen LogP contribution in [0.4, 0.5) is 5.69 Å². The lowest BCUT2D eigenvalue weighted by Gasteiger charge is -2.12. The van der Waals surface area contributed by atoms with E-state index in [9.17, 15) is 15.2 Å². The van der Waals surface area contributed by atoms with Crippen molar-refractivity contribution in [1.82, 2.24) is 5.32 Å². The van der Waals surface area contributed by atoms with E-state index in [0.29, 0.717) is 25.3 Å². The first kappa shape index (κ1) is 17.6. The maximum Gasteiger partial charge on any atom is 0.314 e. The molecular formula is C17H20N2O5. The highest BCUT2D eigenvalue weighted by molar-refractivity contribution is 5.55. The van der Waals surface area contributed by atoms with Gasteiger partial charge in [-0.3, -0.25) is 10.1 Å². The van der Waals surface area contributed by atoms with Crippen molar-refractivity contribution >= 4 is 5.69 Å². The quantitative estimate of drug-likeness (QED) is 0.438. The zero-order valence-corrected chi connectivity index (χ0v) is 13.6. The van der Waals surface area contributed by atoms with Gasteiger partial charge in [-0.15, -0.1) is 0 Å². The Bertz CT molecular complexity index is 718. The highest BCUT2D eigenvalue weighted by atomic mass is 16.6. The Labute approximate surface area is 140 Å². The molecular weight excluding hydrogens is 312 g/mol. The molecule has 2 aromatic carbocycles. The number of nitrogens with one attached hydrogen (secondary N) is 1. The first-order valence-corrected chi connectivity index (χ1v) is 7.43. The molecule has 7 heteroatoms. The molecule has 0 radical (unpaired) electrons. The number of phenolic OH excluding ortho intramolecular Hbond substituents is 1. The van der Waals surface area contributed by atoms with E-state index in [1.54, 1.807) is 24.3 Å². The number of methoxy groups -OCH3 is 2. The van der Waals surface area contributed by atoms with Crippen molar-refractivity contribution in [1.29, 1.82) is 0 Å². The number of phenols is 1. The maximum atomic E-state index is 11.0. The molecule has 0 bridgehead atoms. The number of nitro groups is 1. The third-order valence-electron chi connectivity index (χ3n) is 3.59. The van der Waals surface area contributed by atoms with Crippen LogP contribution in [0.5, 0.6) is 17.2 Å². The van der Waals surface area contributed by atoms with Crippen LogP contribution in [-0.2, 0) is 13.0 Å². The molecule has 0 aliphatic heterocycles. The Morgan fingerprint density at radius 2 is 1.92 bits per heavy atom. The summed E-state index contributed by atoms with van der Waals surface area (Å²) >= 11 is 0. The Balaban J connectivity index is 2.02. The number of hydrogen-bond acceptors (Lipinski definition) is 6. The second-order valence-electron chi connectivity index (χ2n) is 5.19. The van der Waals surface area contributed by atoms with Gasteiger partial charge in [0.25, 0.3) is 0 Å². The summed E-state index contributed by atoms with van der Waals surface area (Å²) in [6, 6.07) is 10.0. The van der Waals surface area contributed by atoms with Crippen molar-refractivity contribution in [3.8, 4) is 17.2 Å². The summed E-state index contributed by atoms with van der Waals surface area (Å²) < 4.78 is 10.3. The molecule has 0 unspecified atom stereocenters. The summed E-state index contributed by atoms with van der Waals surface area (Å²) in [6.07, 6.45) is 0.621. The normalized spacial score (nSPS) is 10.4. The molecule has 0 amide bonds. The molecule has 128 valence electrons. The lowest BCUT2D eigenvalue weighted by Crippen LogP contribution is -2.17. The second-order valence-corrected chi connectivity index (χ2v) is 5.19. The van der Waals surface area contributed by atoms with Gasteiger partial charge in [0, 0.05) is 6.54 Å². The molecule has 2 N–H and O–H groups in total. The van der Waals surface area contributed by atoms with Crippen LogP contribution in [0.15, 0.2) is 36.4 Å². The van der Waals surface area contributed by atoms with Crippen molar-refractivity contribution in [3.63, 3.8) is 0 Å². The molecule has 0 aliphatic rings. The number of nitro benzene ring substituents is 1. The largest absolute Gasteiger partial charge is 0.508 e. The van der Waals surface area contributed by atoms with Crippen LogP contribution < -0.4 is 14.8 Å². The smallest absolute Gasteiger partial charge is 0.314 e. The minimum atomic E-state index is -0.495. The van der Waals surface area contributed by atoms with Gasteiger partial charge in [-0.2, -0.15) is 0 Å². The molecule has 0 atom stereocenters. The van der Waals surface area contributed by atoms with Crippen LogP contribution in [-0.4, -0.2) is 30.8 Å². The molecule has 0 heterocycles. The van der Waals surface area contributed by atoms with Gasteiger partial charge in [-0.1, -0.05) is 12.1 Å². The van der Waals surface area contributed by atoms with Gasteiger partial charge < -0.3 is 19.9 Å². The van der Waals surface area contributed by atoms with Crippen molar-refractivity contribution in [2.24, 2.45) is 0 Å². The van der Waals surface area contributed by atoms with Gasteiger partial charge in [-0.05, 0) is 42.3 Å². The van der Waals surface area contributed by atoms with Crippen LogP contribution in [0.3, 0.4) is 0 Å². The molecule has 0 aromatic heterocycles. The molecule has 0 fully saturated rings. The summed E-state index contributed by atoms with van der Waals surface area (Å²) in [6.45, 7) is 1.26. The monoisotopic (exact) mass is 332 g/mol. The van der Waals surface area contributed by atoms with Gasteiger partial charge in [0.1, 0.15) is 11.5 Å². The first-order valence-electron chi connectivity index (χ1n) is 7.43. The van der Waals surface area contributed by atoms with Gasteiger partial charge >= 0.3 is 5.69 Å². The number of nitrogens with zero attached hydrogens (tertiary/aromatic N) is 1. The van der Waals surface area contributed by atoms with Gasteiger partial charge in [0.15, 0.2) is 5.75 Å². The summed E-state index contributed by atoms with van der Waals surface area (Å²) in [7, 11) is 2.88. The Morgan fingerprint density at radius 3 is 2.54 bits per heavy atom. The van der Waals surface area contributed by atoms with Crippen LogP contribution in [0.2, 0.25) is 0 Å². The first-order chi connectivity index (χ1) is 11.5. The lowest BCUT2D eigenvalue weighted by atomic mass is 10.1. The topological polar surface area (TPSA) is 93.9 Å². The molecule has 24 heavy (non-hydrogen) atoms. The summed E-state index contributed by atoms with van der Waals surface area (Å²) in [5.74, 6) is 0.904. The number of rotatable bonds is 8. The Kier molecular flexibility index (Phi) is 5.97. The average molecular weight is 332 g/mol. The van der Waals surface area contributed by atoms with E-state index in [1.165, 1.54) is 20.3 Å². The predicted molar refractivity (Wildman–Crippen MR) is 89.7 cm³/mol. The predicted octanol–water partition coefficient (Wildman–Crippen LogP) is 2.65. The molecule has 0 saturated carbocycles. The fourth-order valence-electron chi connectivity index (χ4n) is 2.41. The molecule has 2 rings (SSSR count). The highest BCUT2D eigenvalue weighted by Gasteiger charge is 2.19. The second kappa shape index (κ2) is 8.16. The summed E-state index contributed by atoms with van der Waals surface area (Å²) in [4.78, 5) is 10.5. The Hall–Kier alpha value is -2.80. The third kappa shape index (κ3) is 4.36. The van der Waals surface area contributed by atoms with Gasteiger partial charge in [0.05, 0.1) is 25.2 Å². The van der Waals surface area contributed by atoms with E-state index in [-0.39, 0.29) is 17.2 Å². The van der Waals surface area contributed by atoms with Crippen LogP contribution in [0, 0.1) is 10.1 Å². The molecule has 0 aliphatic carbocycles. The highest BCUT2D eigenvalue weighted by Crippen LogP contribution is 2.34. The van der Waals surface area contributed by atoms with Crippen molar-refractivity contribution in [3.05, 3.63) is 57.6 Å². The van der Waals surface area contributed by atoms with Crippen LogP contribution in [0.25, 0.3) is 0 Å². The number of hydrogen-bond donors (Lipinski definition) is 2. The van der Waals surface area contributed by atoms with Gasteiger partial charge in [-0.25, -0.2) is 0 Å². The molecule has 2 aromatic rings. The van der Waals surface area contributed by atoms with E-state index in [1.807, 2.05) is 6.07 Å². The van der Waals surface area contributed by atoms with Crippen LogP contribution in [0.1, 0.15) is 11.1 Å². The number of benzene rings is 2. The van der Waals surface area contributed by atoms with E-state index < -0.39 is 4.92 Å². The minimum absolute atomic E-state index is 0.120. The average Bonchev–Trinajstić information content (AvgIpc) is 2.58. The fourth-order valence-corrected chi connectivity index (χ4v) is 2.41. The Morgan fingerprint density at radius 1 is 1.17 bits per heavy atom. The lowest BCUT2D eigenvalue weighted by molar-refractivity contribution is -0.385. The van der Waals surface area contributed by atoms with Crippen molar-refractivity contribution in [2.75, 3.05) is 20.8 Å². The molecule has 0 spiro atoms. The van der Waals surface area contributed by atoms with Crippen molar-refractivity contribution < 1.29 is 19.5 Å². The number of aromatic hydroxyl groups is 1. The van der Waals surface area contributed by atoms with E-state index in [2.05, 4.69) is 5.32 Å². The van der Waals surface area contributed by atoms with E-state index in [4.69, 9.17) is 9.47 Å². The molecule has 7 nitrogen and oxygen atoms in total. The van der Waals surface area contributed by atoms with E-state index in [0.717, 1.165) is 11.1 Å².